The Morgan fingerprint density at radius 1 is 1.08 bits per heavy atom. The van der Waals surface area contributed by atoms with Crippen molar-refractivity contribution in [3.8, 4) is 6.07 Å². The summed E-state index contributed by atoms with van der Waals surface area (Å²) in [6, 6.07) is 21.6. The highest BCUT2D eigenvalue weighted by Gasteiger charge is 2.44. The topological polar surface area (TPSA) is 105 Å². The molecule has 15 heteroatoms. The molecule has 3 aromatic carbocycles. The molecule has 260 valence electrons. The molecule has 0 aromatic heterocycles. The molecule has 0 bridgehead atoms. The van der Waals surface area contributed by atoms with Crippen LogP contribution in [0.3, 0.4) is 0 Å². The molecule has 0 spiro atoms. The van der Waals surface area contributed by atoms with Gasteiger partial charge in [-0.15, -0.1) is 0 Å². The van der Waals surface area contributed by atoms with Gasteiger partial charge in [-0.1, -0.05) is 42.1 Å². The Morgan fingerprint density at radius 3 is 2.54 bits per heavy atom. The van der Waals surface area contributed by atoms with Crippen molar-refractivity contribution in [2.45, 2.75) is 24.5 Å². The largest absolute Gasteiger partial charge is 0.471 e. The third kappa shape index (κ3) is 7.63. The second-order valence-electron chi connectivity index (χ2n) is 11.6. The number of fused-ring (bicyclic) bond motifs is 1. The van der Waals surface area contributed by atoms with Gasteiger partial charge in [0.05, 0.1) is 53.5 Å². The van der Waals surface area contributed by atoms with E-state index in [0.717, 1.165) is 15.4 Å². The molecule has 0 unspecified atom stereocenters. The number of morpholine rings is 1. The van der Waals surface area contributed by atoms with Gasteiger partial charge >= 0.3 is 12.1 Å². The van der Waals surface area contributed by atoms with E-state index in [9.17, 15) is 28.0 Å². The summed E-state index contributed by atoms with van der Waals surface area (Å²) in [6.45, 7) is 5.07. The summed E-state index contributed by atoms with van der Waals surface area (Å²) in [5.41, 5.74) is 3.23. The number of anilines is 3. The molecule has 3 aliphatic heterocycles. The second kappa shape index (κ2) is 15.2. The highest BCUT2D eigenvalue weighted by Crippen LogP contribution is 2.51. The first-order chi connectivity index (χ1) is 24.1. The van der Waals surface area contributed by atoms with Crippen LogP contribution in [0.2, 0.25) is 0 Å². The van der Waals surface area contributed by atoms with Gasteiger partial charge in [-0.3, -0.25) is 19.4 Å². The van der Waals surface area contributed by atoms with Crippen LogP contribution in [0.4, 0.5) is 35.9 Å². The fourth-order valence-electron chi connectivity index (χ4n) is 5.73. The maximum Gasteiger partial charge on any atom is 0.471 e. The first kappa shape index (κ1) is 35.3. The lowest BCUT2D eigenvalue weighted by Gasteiger charge is -2.30. The lowest BCUT2D eigenvalue weighted by Crippen LogP contribution is -2.47. The summed E-state index contributed by atoms with van der Waals surface area (Å²) in [5.74, 6) is -2.21. The molecule has 0 atom stereocenters. The van der Waals surface area contributed by atoms with Crippen LogP contribution < -0.4 is 15.1 Å². The van der Waals surface area contributed by atoms with Crippen molar-refractivity contribution in [2.24, 2.45) is 4.99 Å². The van der Waals surface area contributed by atoms with E-state index < -0.39 is 12.1 Å². The van der Waals surface area contributed by atoms with Gasteiger partial charge in [0.25, 0.3) is 5.91 Å². The molecule has 3 aromatic rings. The third-order valence-corrected chi connectivity index (χ3v) is 10.7. The Hall–Kier alpha value is -4.49. The molecule has 2 saturated heterocycles. The molecule has 3 heterocycles. The number of nitrogens with zero attached hydrogens (tertiary/aromatic N) is 6. The highest BCUT2D eigenvalue weighted by molar-refractivity contribution is 8.19. The van der Waals surface area contributed by atoms with Crippen molar-refractivity contribution < 1.29 is 27.5 Å². The molecule has 6 rings (SSSR count). The van der Waals surface area contributed by atoms with Crippen LogP contribution >= 0.6 is 23.5 Å². The molecule has 2 amide bonds. The summed E-state index contributed by atoms with van der Waals surface area (Å²) in [6.07, 6.45) is -5.05. The lowest BCUT2D eigenvalue weighted by atomic mass is 10.2. The quantitative estimate of drug-likeness (QED) is 0.252. The molecule has 0 radical (unpaired) electrons. The predicted octanol–water partition coefficient (Wildman–Crippen LogP) is 6.39. The number of amidine groups is 1. The lowest BCUT2D eigenvalue weighted by molar-refractivity contribution is -0.170. The number of hydrogen-bond donors (Lipinski definition) is 1. The zero-order valence-corrected chi connectivity index (χ0v) is 29.0. The highest BCUT2D eigenvalue weighted by atomic mass is 32.2. The van der Waals surface area contributed by atoms with Crippen molar-refractivity contribution in [1.29, 1.82) is 5.26 Å². The van der Waals surface area contributed by atoms with E-state index in [1.807, 2.05) is 42.2 Å². The van der Waals surface area contributed by atoms with Crippen LogP contribution in [0.25, 0.3) is 0 Å². The van der Waals surface area contributed by atoms with Crippen LogP contribution in [0.15, 0.2) is 86.6 Å². The summed E-state index contributed by atoms with van der Waals surface area (Å²) in [5, 5.41) is 13.8. The number of carbonyl (C=O) groups is 2. The van der Waals surface area contributed by atoms with Crippen LogP contribution in [0, 0.1) is 11.3 Å². The molecule has 0 aliphatic carbocycles. The molecule has 1 N–H and O–H groups in total. The number of amides is 2. The second-order valence-corrected chi connectivity index (χ2v) is 13.6. The summed E-state index contributed by atoms with van der Waals surface area (Å²) < 4.78 is 46.7. The molecule has 3 aliphatic rings. The van der Waals surface area contributed by atoms with E-state index in [1.54, 1.807) is 47.2 Å². The van der Waals surface area contributed by atoms with E-state index in [0.29, 0.717) is 70.6 Å². The standard InChI is InChI=1S/C35H34F3N7O3S2/c1-3-40-26-11-9-24(21-39)19-27(26)41-34-45(22-23-7-5-4-6-8-23)31(46)30(50-34)32-42(2)28-20-25(10-12-29(28)49-32)44(33(47)35(36,37)38)14-13-43-15-17-48-18-16-43/h4-12,19-20,40H,3,13-18,22H2,1-2H3. The number of benzene rings is 3. The fraction of sp³-hybridized carbons (Fsp3) is 0.314. The van der Waals surface area contributed by atoms with Gasteiger partial charge in [-0.2, -0.15) is 18.4 Å². The van der Waals surface area contributed by atoms with E-state index in [1.165, 1.54) is 29.6 Å². The number of halogens is 3. The molecular formula is C35H34F3N7O3S2. The normalized spacial score (nSPS) is 18.8. The SMILES string of the molecule is CCNc1ccc(C#N)cc1N=C1SC(=C2Sc3ccc(N(CCN4CCOCC4)C(=O)C(F)(F)F)cc3N2C)C(=O)N1Cc1ccccc1. The van der Waals surface area contributed by atoms with Crippen molar-refractivity contribution in [3.05, 3.63) is 87.8 Å². The van der Waals surface area contributed by atoms with Gasteiger partial charge in [0.1, 0.15) is 4.91 Å². The van der Waals surface area contributed by atoms with Gasteiger partial charge in [0, 0.05) is 50.4 Å². The van der Waals surface area contributed by atoms with Crippen molar-refractivity contribution >= 4 is 63.3 Å². The van der Waals surface area contributed by atoms with Crippen LogP contribution in [-0.2, 0) is 20.9 Å². The number of nitriles is 1. The molecular weight excluding hydrogens is 688 g/mol. The number of alkyl halides is 3. The zero-order chi connectivity index (χ0) is 35.4. The van der Waals surface area contributed by atoms with Gasteiger partial charge < -0.3 is 19.9 Å². The summed E-state index contributed by atoms with van der Waals surface area (Å²) >= 11 is 2.53. The van der Waals surface area contributed by atoms with Crippen molar-refractivity contribution in [3.63, 3.8) is 0 Å². The first-order valence-electron chi connectivity index (χ1n) is 16.0. The van der Waals surface area contributed by atoms with Crippen molar-refractivity contribution in [2.75, 3.05) is 68.1 Å². The Kier molecular flexibility index (Phi) is 10.7. The van der Waals surface area contributed by atoms with Crippen LogP contribution in [0.5, 0.6) is 0 Å². The van der Waals surface area contributed by atoms with Crippen molar-refractivity contribution in [1.82, 2.24) is 9.80 Å². The average Bonchev–Trinajstić information content (AvgIpc) is 3.60. The number of thioether (sulfide) groups is 2. The molecule has 2 fully saturated rings. The number of nitrogens with one attached hydrogen (secondary N) is 1. The Balaban J connectivity index is 1.34. The van der Waals surface area contributed by atoms with Gasteiger partial charge in [0.2, 0.25) is 0 Å². The Morgan fingerprint density at radius 2 is 1.84 bits per heavy atom. The fourth-order valence-corrected chi connectivity index (χ4v) is 8.05. The minimum atomic E-state index is -5.05. The van der Waals surface area contributed by atoms with E-state index >= 15 is 0 Å². The molecule has 50 heavy (non-hydrogen) atoms. The van der Waals surface area contributed by atoms with E-state index in [-0.39, 0.29) is 31.2 Å². The van der Waals surface area contributed by atoms with Gasteiger partial charge in [0.15, 0.2) is 5.17 Å². The summed E-state index contributed by atoms with van der Waals surface area (Å²) in [4.78, 5) is 39.0. The van der Waals surface area contributed by atoms with Gasteiger partial charge in [-0.25, -0.2) is 4.99 Å². The number of carbonyl (C=O) groups excluding carboxylic acids is 2. The smallest absolute Gasteiger partial charge is 0.384 e. The summed E-state index contributed by atoms with van der Waals surface area (Å²) in [7, 11) is 1.75. The maximum atomic E-state index is 14.2. The monoisotopic (exact) mass is 721 g/mol. The first-order valence-corrected chi connectivity index (χ1v) is 17.6. The maximum absolute atomic E-state index is 14.2. The number of ether oxygens (including phenoxy) is 1. The van der Waals surface area contributed by atoms with Crippen LogP contribution in [0.1, 0.15) is 18.1 Å². The zero-order valence-electron chi connectivity index (χ0n) is 27.4. The van der Waals surface area contributed by atoms with E-state index in [2.05, 4.69) is 11.4 Å². The molecule has 10 nitrogen and oxygen atoms in total. The number of hydrogen-bond acceptors (Lipinski definition) is 10. The van der Waals surface area contributed by atoms with E-state index in [4.69, 9.17) is 9.73 Å². The Bertz CT molecular complexity index is 1880. The van der Waals surface area contributed by atoms with Gasteiger partial charge in [-0.05, 0) is 60.6 Å². The minimum Gasteiger partial charge on any atom is -0.384 e. The molecule has 0 saturated carbocycles. The number of aliphatic imine (C=N–C) groups is 1. The number of rotatable bonds is 9. The minimum absolute atomic E-state index is 0.115. The predicted molar refractivity (Wildman–Crippen MR) is 190 cm³/mol. The third-order valence-electron chi connectivity index (χ3n) is 8.31. The Labute approximate surface area is 296 Å². The van der Waals surface area contributed by atoms with Crippen LogP contribution in [-0.4, -0.2) is 85.9 Å². The average molecular weight is 722 g/mol.